The number of carboxylic acids is 1. The Hall–Kier alpha value is -1.71. The first-order chi connectivity index (χ1) is 6.99. The monoisotopic (exact) mass is 210 g/mol. The first-order valence-electron chi connectivity index (χ1n) is 4.54. The minimum Gasteiger partial charge on any atom is -0.475 e. The Bertz CT molecular complexity index is 424. The summed E-state index contributed by atoms with van der Waals surface area (Å²) in [4.78, 5) is 21.7. The zero-order chi connectivity index (χ0) is 11.6. The van der Waals surface area contributed by atoms with E-state index in [1.807, 2.05) is 0 Å². The Morgan fingerprint density at radius 1 is 1.40 bits per heavy atom. The zero-order valence-electron chi connectivity index (χ0n) is 8.50. The molecule has 0 aliphatic carbocycles. The highest BCUT2D eigenvalue weighted by Gasteiger charge is 2.19. The van der Waals surface area contributed by atoms with E-state index in [0.717, 1.165) is 6.07 Å². The lowest BCUT2D eigenvalue weighted by molar-refractivity contribution is -0.131. The number of Topliss-reactive ketones (excluding diaryl/α,β-unsaturated/α-hetero) is 1. The minimum absolute atomic E-state index is 0.0563. The third-order valence-electron chi connectivity index (χ3n) is 2.33. The standard InChI is InChI=1S/C11H11FO3/c1-3-7-6(2)8(4-5-9(7)12)10(13)11(14)15/h4-5H,3H2,1-2H3,(H,14,15). The molecule has 0 aliphatic heterocycles. The van der Waals surface area contributed by atoms with Crippen LogP contribution in [0, 0.1) is 12.7 Å². The molecule has 4 heteroatoms. The van der Waals surface area contributed by atoms with Gasteiger partial charge in [0.25, 0.3) is 5.78 Å². The quantitative estimate of drug-likeness (QED) is 0.613. The number of halogens is 1. The summed E-state index contributed by atoms with van der Waals surface area (Å²) in [5.41, 5.74) is 0.854. The van der Waals surface area contributed by atoms with Crippen molar-refractivity contribution in [2.75, 3.05) is 0 Å². The van der Waals surface area contributed by atoms with E-state index in [9.17, 15) is 14.0 Å². The van der Waals surface area contributed by atoms with Gasteiger partial charge in [0.15, 0.2) is 0 Å². The lowest BCUT2D eigenvalue weighted by Gasteiger charge is -2.08. The fourth-order valence-corrected chi connectivity index (χ4v) is 1.52. The van der Waals surface area contributed by atoms with Crippen molar-refractivity contribution in [3.05, 3.63) is 34.6 Å². The maximum Gasteiger partial charge on any atom is 0.377 e. The van der Waals surface area contributed by atoms with E-state index in [2.05, 4.69) is 0 Å². The molecule has 0 spiro atoms. The van der Waals surface area contributed by atoms with Crippen molar-refractivity contribution in [3.63, 3.8) is 0 Å². The fraction of sp³-hybridized carbons (Fsp3) is 0.273. The van der Waals surface area contributed by atoms with Gasteiger partial charge >= 0.3 is 5.97 Å². The van der Waals surface area contributed by atoms with Crippen LogP contribution in [0.5, 0.6) is 0 Å². The summed E-state index contributed by atoms with van der Waals surface area (Å²) < 4.78 is 13.2. The largest absolute Gasteiger partial charge is 0.475 e. The predicted octanol–water partition coefficient (Wildman–Crippen LogP) is 1.96. The molecule has 1 N–H and O–H groups in total. The summed E-state index contributed by atoms with van der Waals surface area (Å²) in [7, 11) is 0. The van der Waals surface area contributed by atoms with Gasteiger partial charge in [-0.15, -0.1) is 0 Å². The van der Waals surface area contributed by atoms with Crippen LogP contribution in [0.25, 0.3) is 0 Å². The number of aliphatic carboxylic acids is 1. The van der Waals surface area contributed by atoms with Gasteiger partial charge in [-0.05, 0) is 36.6 Å². The van der Waals surface area contributed by atoms with Crippen molar-refractivity contribution in [3.8, 4) is 0 Å². The Labute approximate surface area is 86.5 Å². The second-order valence-electron chi connectivity index (χ2n) is 3.19. The molecule has 0 radical (unpaired) electrons. The van der Waals surface area contributed by atoms with Crippen molar-refractivity contribution >= 4 is 11.8 Å². The maximum absolute atomic E-state index is 13.2. The van der Waals surface area contributed by atoms with Crippen LogP contribution in [-0.4, -0.2) is 16.9 Å². The molecule has 0 fully saturated rings. The van der Waals surface area contributed by atoms with Crippen LogP contribution < -0.4 is 0 Å². The molecule has 0 unspecified atom stereocenters. The molecular formula is C11H11FO3. The number of ketones is 1. The van der Waals surface area contributed by atoms with Crippen molar-refractivity contribution in [2.24, 2.45) is 0 Å². The summed E-state index contributed by atoms with van der Waals surface area (Å²) in [6.45, 7) is 3.30. The van der Waals surface area contributed by atoms with Gasteiger partial charge in [-0.25, -0.2) is 9.18 Å². The molecule has 1 rings (SSSR count). The van der Waals surface area contributed by atoms with Gasteiger partial charge < -0.3 is 5.11 Å². The van der Waals surface area contributed by atoms with E-state index in [4.69, 9.17) is 5.11 Å². The third kappa shape index (κ3) is 2.03. The topological polar surface area (TPSA) is 54.4 Å². The number of carboxylic acid groups (broad SMARTS) is 1. The molecule has 0 saturated carbocycles. The van der Waals surface area contributed by atoms with Crippen LogP contribution in [0.1, 0.15) is 28.4 Å². The Balaban J connectivity index is 3.34. The lowest BCUT2D eigenvalue weighted by Crippen LogP contribution is -2.15. The van der Waals surface area contributed by atoms with Gasteiger partial charge in [-0.1, -0.05) is 6.92 Å². The number of carbonyl (C=O) groups excluding carboxylic acids is 1. The summed E-state index contributed by atoms with van der Waals surface area (Å²) in [5, 5.41) is 8.55. The van der Waals surface area contributed by atoms with Gasteiger partial charge in [-0.2, -0.15) is 0 Å². The van der Waals surface area contributed by atoms with E-state index in [0.29, 0.717) is 17.5 Å². The third-order valence-corrected chi connectivity index (χ3v) is 2.33. The number of rotatable bonds is 3. The molecular weight excluding hydrogens is 199 g/mol. The predicted molar refractivity (Wildman–Crippen MR) is 52.5 cm³/mol. The Morgan fingerprint density at radius 3 is 2.47 bits per heavy atom. The second kappa shape index (κ2) is 4.21. The Morgan fingerprint density at radius 2 is 2.00 bits per heavy atom. The first-order valence-corrected chi connectivity index (χ1v) is 4.54. The highest BCUT2D eigenvalue weighted by atomic mass is 19.1. The van der Waals surface area contributed by atoms with E-state index in [1.54, 1.807) is 13.8 Å². The summed E-state index contributed by atoms with van der Waals surface area (Å²) >= 11 is 0. The van der Waals surface area contributed by atoms with Crippen molar-refractivity contribution in [1.29, 1.82) is 0 Å². The number of carbonyl (C=O) groups is 2. The van der Waals surface area contributed by atoms with E-state index in [-0.39, 0.29) is 5.56 Å². The molecule has 1 aromatic rings. The van der Waals surface area contributed by atoms with Gasteiger partial charge in [0.05, 0.1) is 0 Å². The van der Waals surface area contributed by atoms with Crippen molar-refractivity contribution < 1.29 is 19.1 Å². The molecule has 0 heterocycles. The van der Waals surface area contributed by atoms with Crippen LogP contribution >= 0.6 is 0 Å². The van der Waals surface area contributed by atoms with Crippen molar-refractivity contribution in [1.82, 2.24) is 0 Å². The van der Waals surface area contributed by atoms with E-state index < -0.39 is 17.6 Å². The molecule has 0 aromatic heterocycles. The minimum atomic E-state index is -1.52. The van der Waals surface area contributed by atoms with Crippen LogP contribution in [0.4, 0.5) is 4.39 Å². The highest BCUT2D eigenvalue weighted by molar-refractivity contribution is 6.40. The smallest absolute Gasteiger partial charge is 0.377 e. The summed E-state index contributed by atoms with van der Waals surface area (Å²) in [6, 6.07) is 2.34. The SMILES string of the molecule is CCc1c(F)ccc(C(=O)C(=O)O)c1C. The number of hydrogen-bond donors (Lipinski definition) is 1. The second-order valence-corrected chi connectivity index (χ2v) is 3.19. The van der Waals surface area contributed by atoms with Crippen LogP contribution in [-0.2, 0) is 11.2 Å². The molecule has 1 aromatic carbocycles. The van der Waals surface area contributed by atoms with Gasteiger partial charge in [0, 0.05) is 5.56 Å². The number of benzene rings is 1. The molecule has 0 atom stereocenters. The Kier molecular flexibility index (Phi) is 3.19. The molecule has 80 valence electrons. The summed E-state index contributed by atoms with van der Waals surface area (Å²) in [5.74, 6) is -2.93. The molecule has 3 nitrogen and oxygen atoms in total. The molecule has 15 heavy (non-hydrogen) atoms. The normalized spacial score (nSPS) is 10.1. The first kappa shape index (κ1) is 11.4. The van der Waals surface area contributed by atoms with Crippen LogP contribution in [0.2, 0.25) is 0 Å². The van der Waals surface area contributed by atoms with E-state index >= 15 is 0 Å². The average molecular weight is 210 g/mol. The summed E-state index contributed by atoms with van der Waals surface area (Å²) in [6.07, 6.45) is 0.429. The average Bonchev–Trinajstić information content (AvgIpc) is 2.17. The highest BCUT2D eigenvalue weighted by Crippen LogP contribution is 2.18. The van der Waals surface area contributed by atoms with Gasteiger partial charge in [0.2, 0.25) is 0 Å². The number of hydrogen-bond acceptors (Lipinski definition) is 2. The molecule has 0 saturated heterocycles. The maximum atomic E-state index is 13.2. The molecule has 0 amide bonds. The van der Waals surface area contributed by atoms with Crippen molar-refractivity contribution in [2.45, 2.75) is 20.3 Å². The zero-order valence-corrected chi connectivity index (χ0v) is 8.50. The molecule has 0 bridgehead atoms. The van der Waals surface area contributed by atoms with Crippen LogP contribution in [0.3, 0.4) is 0 Å². The van der Waals surface area contributed by atoms with Gasteiger partial charge in [-0.3, -0.25) is 4.79 Å². The molecule has 0 aliphatic rings. The lowest BCUT2D eigenvalue weighted by atomic mass is 9.97. The van der Waals surface area contributed by atoms with E-state index in [1.165, 1.54) is 6.07 Å². The fourth-order valence-electron chi connectivity index (χ4n) is 1.52. The van der Waals surface area contributed by atoms with Gasteiger partial charge in [0.1, 0.15) is 5.82 Å². The van der Waals surface area contributed by atoms with Crippen LogP contribution in [0.15, 0.2) is 12.1 Å².